The minimum Gasteiger partial charge on any atom is -0.497 e. The quantitative estimate of drug-likeness (QED) is 0.487. The van der Waals surface area contributed by atoms with E-state index in [9.17, 15) is 4.79 Å². The number of aromatic nitrogens is 3. The molecule has 150 valence electrons. The molecule has 4 aromatic rings. The number of nitrogens with zero attached hydrogens (tertiary/aromatic N) is 3. The summed E-state index contributed by atoms with van der Waals surface area (Å²) in [5, 5.41) is 5.31. The summed E-state index contributed by atoms with van der Waals surface area (Å²) in [4.78, 5) is 26.4. The fourth-order valence-electron chi connectivity index (χ4n) is 3.06. The number of pyridine rings is 2. The SMILES string of the molecule is COc1ccc(-c2ncccc2C(=O)Nc2nc(-c3nccc(C)c3C)cs2)cc1. The molecule has 0 saturated heterocycles. The monoisotopic (exact) mass is 416 g/mol. The summed E-state index contributed by atoms with van der Waals surface area (Å²) in [7, 11) is 1.62. The Hall–Kier alpha value is -3.58. The van der Waals surface area contributed by atoms with Crippen LogP contribution in [0.3, 0.4) is 0 Å². The van der Waals surface area contributed by atoms with Gasteiger partial charge in [-0.15, -0.1) is 11.3 Å². The van der Waals surface area contributed by atoms with Gasteiger partial charge in [0.15, 0.2) is 5.13 Å². The van der Waals surface area contributed by atoms with Crippen molar-refractivity contribution in [3.8, 4) is 28.4 Å². The normalized spacial score (nSPS) is 10.6. The minimum atomic E-state index is -0.260. The molecule has 6 nitrogen and oxygen atoms in total. The van der Waals surface area contributed by atoms with Crippen molar-refractivity contribution in [1.29, 1.82) is 0 Å². The molecule has 0 saturated carbocycles. The summed E-state index contributed by atoms with van der Waals surface area (Å²) in [6.07, 6.45) is 3.44. The lowest BCUT2D eigenvalue weighted by Crippen LogP contribution is -2.13. The molecule has 3 aromatic heterocycles. The zero-order valence-corrected chi connectivity index (χ0v) is 17.7. The van der Waals surface area contributed by atoms with Gasteiger partial charge >= 0.3 is 0 Å². The van der Waals surface area contributed by atoms with Crippen LogP contribution in [0, 0.1) is 13.8 Å². The summed E-state index contributed by atoms with van der Waals surface area (Å²) < 4.78 is 5.20. The van der Waals surface area contributed by atoms with Gasteiger partial charge in [-0.25, -0.2) is 4.98 Å². The minimum absolute atomic E-state index is 0.260. The van der Waals surface area contributed by atoms with Gasteiger partial charge in [-0.1, -0.05) is 0 Å². The molecule has 1 aromatic carbocycles. The maximum Gasteiger partial charge on any atom is 0.259 e. The number of methoxy groups -OCH3 is 1. The van der Waals surface area contributed by atoms with E-state index in [0.717, 1.165) is 33.8 Å². The van der Waals surface area contributed by atoms with Crippen molar-refractivity contribution in [2.75, 3.05) is 12.4 Å². The van der Waals surface area contributed by atoms with Gasteiger partial charge in [0.05, 0.1) is 24.1 Å². The standard InChI is InChI=1S/C23H20N4O2S/c1-14-10-12-25-20(15(14)2)19-13-30-23(26-19)27-22(28)18-5-4-11-24-21(18)16-6-8-17(29-3)9-7-16/h4-13H,1-3H3,(H,26,27,28). The van der Waals surface area contributed by atoms with Gasteiger partial charge in [-0.05, 0) is 67.4 Å². The van der Waals surface area contributed by atoms with E-state index in [1.54, 1.807) is 31.6 Å². The molecule has 4 rings (SSSR count). The number of aryl methyl sites for hydroxylation is 1. The Bertz CT molecular complexity index is 1200. The van der Waals surface area contributed by atoms with E-state index < -0.39 is 0 Å². The Morgan fingerprint density at radius 1 is 1.00 bits per heavy atom. The number of hydrogen-bond donors (Lipinski definition) is 1. The van der Waals surface area contributed by atoms with Crippen LogP contribution in [0.25, 0.3) is 22.6 Å². The Balaban J connectivity index is 1.59. The Kier molecular flexibility index (Phi) is 5.54. The van der Waals surface area contributed by atoms with Crippen LogP contribution in [0.2, 0.25) is 0 Å². The zero-order valence-electron chi connectivity index (χ0n) is 16.8. The fraction of sp³-hybridized carbons (Fsp3) is 0.130. The molecule has 0 radical (unpaired) electrons. The van der Waals surface area contributed by atoms with Gasteiger partial charge in [0, 0.05) is 23.3 Å². The first kappa shape index (κ1) is 19.7. The van der Waals surface area contributed by atoms with Crippen molar-refractivity contribution in [2.45, 2.75) is 13.8 Å². The molecule has 0 aliphatic carbocycles. The van der Waals surface area contributed by atoms with Crippen molar-refractivity contribution in [3.63, 3.8) is 0 Å². The number of carbonyl (C=O) groups is 1. The van der Waals surface area contributed by atoms with Crippen molar-refractivity contribution in [1.82, 2.24) is 15.0 Å². The van der Waals surface area contributed by atoms with Gasteiger partial charge in [-0.3, -0.25) is 20.1 Å². The van der Waals surface area contributed by atoms with Crippen LogP contribution in [0.1, 0.15) is 21.5 Å². The van der Waals surface area contributed by atoms with Crippen LogP contribution in [-0.2, 0) is 0 Å². The number of thiazole rings is 1. The van der Waals surface area contributed by atoms with Crippen LogP contribution in [0.4, 0.5) is 5.13 Å². The van der Waals surface area contributed by atoms with Crippen LogP contribution in [0.5, 0.6) is 5.75 Å². The highest BCUT2D eigenvalue weighted by Crippen LogP contribution is 2.28. The summed E-state index contributed by atoms with van der Waals surface area (Å²) in [5.41, 5.74) is 5.72. The van der Waals surface area contributed by atoms with E-state index in [1.165, 1.54) is 11.3 Å². The number of nitrogens with one attached hydrogen (secondary N) is 1. The molecule has 0 spiro atoms. The maximum absolute atomic E-state index is 13.0. The second-order valence-corrected chi connectivity index (χ2v) is 7.58. The molecular weight excluding hydrogens is 396 g/mol. The second kappa shape index (κ2) is 8.42. The maximum atomic E-state index is 13.0. The molecule has 1 N–H and O–H groups in total. The van der Waals surface area contributed by atoms with Gasteiger partial charge in [0.25, 0.3) is 5.91 Å². The fourth-order valence-corrected chi connectivity index (χ4v) is 3.75. The number of benzene rings is 1. The molecule has 7 heteroatoms. The number of ether oxygens (including phenoxy) is 1. The molecule has 0 atom stereocenters. The van der Waals surface area contributed by atoms with Gasteiger partial charge < -0.3 is 4.74 Å². The number of hydrogen-bond acceptors (Lipinski definition) is 6. The van der Waals surface area contributed by atoms with E-state index >= 15 is 0 Å². The second-order valence-electron chi connectivity index (χ2n) is 6.72. The summed E-state index contributed by atoms with van der Waals surface area (Å²) in [6.45, 7) is 4.06. The highest BCUT2D eigenvalue weighted by molar-refractivity contribution is 7.14. The first-order valence-corrected chi connectivity index (χ1v) is 10.2. The lowest BCUT2D eigenvalue weighted by Gasteiger charge is -2.09. The first-order chi connectivity index (χ1) is 14.6. The Labute approximate surface area is 178 Å². The molecule has 0 aliphatic heterocycles. The predicted molar refractivity (Wildman–Crippen MR) is 119 cm³/mol. The summed E-state index contributed by atoms with van der Waals surface area (Å²) in [5.74, 6) is 0.486. The largest absolute Gasteiger partial charge is 0.497 e. The number of amides is 1. The molecule has 0 unspecified atom stereocenters. The highest BCUT2D eigenvalue weighted by Gasteiger charge is 2.17. The average Bonchev–Trinajstić information content (AvgIpc) is 3.24. The molecule has 1 amide bonds. The number of carbonyl (C=O) groups excluding carboxylic acids is 1. The van der Waals surface area contributed by atoms with Gasteiger partial charge in [0.1, 0.15) is 11.4 Å². The van der Waals surface area contributed by atoms with Gasteiger partial charge in [0.2, 0.25) is 0 Å². The topological polar surface area (TPSA) is 77.0 Å². The highest BCUT2D eigenvalue weighted by atomic mass is 32.1. The van der Waals surface area contributed by atoms with Crippen LogP contribution in [0.15, 0.2) is 60.2 Å². The van der Waals surface area contributed by atoms with E-state index in [1.807, 2.05) is 49.6 Å². The molecule has 3 heterocycles. The third-order valence-corrected chi connectivity index (χ3v) is 5.62. The first-order valence-electron chi connectivity index (χ1n) is 9.35. The van der Waals surface area contributed by atoms with E-state index in [-0.39, 0.29) is 5.91 Å². The van der Waals surface area contributed by atoms with E-state index in [4.69, 9.17) is 4.74 Å². The molecule has 0 aliphatic rings. The van der Waals surface area contributed by atoms with Crippen molar-refractivity contribution in [3.05, 3.63) is 76.9 Å². The Morgan fingerprint density at radius 2 is 1.77 bits per heavy atom. The van der Waals surface area contributed by atoms with Crippen molar-refractivity contribution >= 4 is 22.4 Å². The lowest BCUT2D eigenvalue weighted by atomic mass is 10.1. The molecular formula is C23H20N4O2S. The number of rotatable bonds is 5. The van der Waals surface area contributed by atoms with E-state index in [2.05, 4.69) is 20.3 Å². The molecule has 0 fully saturated rings. The third-order valence-electron chi connectivity index (χ3n) is 4.86. The van der Waals surface area contributed by atoms with Crippen LogP contribution < -0.4 is 10.1 Å². The average molecular weight is 417 g/mol. The summed E-state index contributed by atoms with van der Waals surface area (Å²) >= 11 is 1.37. The molecule has 30 heavy (non-hydrogen) atoms. The molecule has 0 bridgehead atoms. The smallest absolute Gasteiger partial charge is 0.259 e. The lowest BCUT2D eigenvalue weighted by molar-refractivity contribution is 0.102. The van der Waals surface area contributed by atoms with E-state index in [0.29, 0.717) is 16.4 Å². The van der Waals surface area contributed by atoms with Crippen molar-refractivity contribution < 1.29 is 9.53 Å². The third kappa shape index (κ3) is 3.92. The van der Waals surface area contributed by atoms with Gasteiger partial charge in [-0.2, -0.15) is 0 Å². The predicted octanol–water partition coefficient (Wildman–Crippen LogP) is 5.14. The summed E-state index contributed by atoms with van der Waals surface area (Å²) in [6, 6.07) is 12.9. The number of anilines is 1. The Morgan fingerprint density at radius 3 is 2.53 bits per heavy atom. The van der Waals surface area contributed by atoms with Crippen molar-refractivity contribution in [2.24, 2.45) is 0 Å². The zero-order chi connectivity index (χ0) is 21.1. The van der Waals surface area contributed by atoms with Crippen LogP contribution >= 0.6 is 11.3 Å². The van der Waals surface area contributed by atoms with Crippen LogP contribution in [-0.4, -0.2) is 28.0 Å².